The van der Waals surface area contributed by atoms with Crippen LogP contribution in [0.2, 0.25) is 0 Å². The maximum absolute atomic E-state index is 12.7. The molecule has 0 saturated carbocycles. The number of rotatable bonds is 9. The van der Waals surface area contributed by atoms with E-state index in [1.807, 2.05) is 6.92 Å². The van der Waals surface area contributed by atoms with E-state index in [0.29, 0.717) is 13.0 Å². The van der Waals surface area contributed by atoms with E-state index < -0.39 is 27.7 Å². The molecule has 0 spiro atoms. The van der Waals surface area contributed by atoms with Crippen LogP contribution < -0.4 is 5.32 Å². The molecule has 0 bridgehead atoms. The number of carbonyl (C=O) groups is 1. The minimum Gasteiger partial charge on any atom is -0.326 e. The highest BCUT2D eigenvalue weighted by molar-refractivity contribution is 7.88. The quantitative estimate of drug-likeness (QED) is 0.667. The number of hydrogen-bond donors (Lipinski definition) is 1. The second-order valence-corrected chi connectivity index (χ2v) is 7.73. The maximum atomic E-state index is 12.7. The molecule has 1 aromatic rings. The van der Waals surface area contributed by atoms with Crippen molar-refractivity contribution in [2.75, 3.05) is 24.7 Å². The van der Waals surface area contributed by atoms with Gasteiger partial charge in [-0.25, -0.2) is 12.7 Å². The third-order valence-corrected chi connectivity index (χ3v) is 4.85. The molecule has 1 aromatic carbocycles. The number of halogens is 3. The molecule has 0 aliphatic rings. The van der Waals surface area contributed by atoms with Crippen LogP contribution in [-0.4, -0.2) is 38.0 Å². The lowest BCUT2D eigenvalue weighted by atomic mass is 10.2. The Labute approximate surface area is 146 Å². The predicted octanol–water partition coefficient (Wildman–Crippen LogP) is 3.49. The van der Waals surface area contributed by atoms with Crippen LogP contribution in [0.15, 0.2) is 24.3 Å². The molecule has 0 atom stereocenters. The summed E-state index contributed by atoms with van der Waals surface area (Å²) in [6.45, 7) is 2.31. The van der Waals surface area contributed by atoms with Crippen LogP contribution in [0.1, 0.15) is 38.2 Å². The molecule has 0 aliphatic carbocycles. The van der Waals surface area contributed by atoms with Crippen molar-refractivity contribution in [1.82, 2.24) is 4.31 Å². The van der Waals surface area contributed by atoms with Crippen LogP contribution in [0.25, 0.3) is 0 Å². The molecule has 1 N–H and O–H groups in total. The van der Waals surface area contributed by atoms with Crippen molar-refractivity contribution >= 4 is 21.6 Å². The molecule has 5 nitrogen and oxygen atoms in total. The Balaban J connectivity index is 2.63. The van der Waals surface area contributed by atoms with Gasteiger partial charge in [0.25, 0.3) is 0 Å². The van der Waals surface area contributed by atoms with Gasteiger partial charge in [-0.15, -0.1) is 0 Å². The maximum Gasteiger partial charge on any atom is 0.416 e. The minimum absolute atomic E-state index is 0.00660. The summed E-state index contributed by atoms with van der Waals surface area (Å²) in [5, 5.41) is 2.37. The van der Waals surface area contributed by atoms with Gasteiger partial charge in [-0.3, -0.25) is 4.79 Å². The Kier molecular flexibility index (Phi) is 7.88. The summed E-state index contributed by atoms with van der Waals surface area (Å²) in [5.41, 5.74) is -0.834. The monoisotopic (exact) mass is 380 g/mol. The van der Waals surface area contributed by atoms with E-state index in [1.165, 1.54) is 16.4 Å². The first-order valence-corrected chi connectivity index (χ1v) is 9.81. The first kappa shape index (κ1) is 21.4. The smallest absolute Gasteiger partial charge is 0.326 e. The van der Waals surface area contributed by atoms with Crippen molar-refractivity contribution in [3.8, 4) is 0 Å². The molecule has 0 unspecified atom stereocenters. The summed E-state index contributed by atoms with van der Waals surface area (Å²) < 4.78 is 62.6. The lowest BCUT2D eigenvalue weighted by molar-refractivity contribution is -0.137. The first-order chi connectivity index (χ1) is 11.5. The summed E-state index contributed by atoms with van der Waals surface area (Å²) in [7, 11) is -3.44. The third-order valence-electron chi connectivity index (χ3n) is 3.54. The number of carbonyl (C=O) groups excluding carboxylic acids is 1. The van der Waals surface area contributed by atoms with Gasteiger partial charge in [-0.05, 0) is 24.6 Å². The highest BCUT2D eigenvalue weighted by atomic mass is 32.2. The Bertz CT molecular complexity index is 675. The average molecular weight is 380 g/mol. The topological polar surface area (TPSA) is 66.5 Å². The van der Waals surface area contributed by atoms with Gasteiger partial charge in [0.15, 0.2) is 0 Å². The standard InChI is InChI=1S/C16H23F3N2O3S/c1-3-4-5-10-21(25(2,23)24)11-9-15(22)20-14-8-6-7-13(12-14)16(17,18)19/h6-8,12H,3-5,9-11H2,1-2H3,(H,20,22). The van der Waals surface area contributed by atoms with Crippen LogP contribution >= 0.6 is 0 Å². The van der Waals surface area contributed by atoms with E-state index in [9.17, 15) is 26.4 Å². The molecule has 1 rings (SSSR count). The number of anilines is 1. The van der Waals surface area contributed by atoms with Crippen molar-refractivity contribution < 1.29 is 26.4 Å². The van der Waals surface area contributed by atoms with Crippen molar-refractivity contribution in [3.63, 3.8) is 0 Å². The van der Waals surface area contributed by atoms with Gasteiger partial charge in [0.2, 0.25) is 15.9 Å². The van der Waals surface area contributed by atoms with Gasteiger partial charge in [0.05, 0.1) is 11.8 Å². The zero-order valence-corrected chi connectivity index (χ0v) is 15.1. The number of nitrogens with zero attached hydrogens (tertiary/aromatic N) is 1. The predicted molar refractivity (Wildman–Crippen MR) is 90.6 cm³/mol. The van der Waals surface area contributed by atoms with Crippen LogP contribution in [-0.2, 0) is 21.0 Å². The van der Waals surface area contributed by atoms with E-state index in [0.717, 1.165) is 31.2 Å². The molecule has 9 heteroatoms. The Hall–Kier alpha value is -1.61. The summed E-state index contributed by atoms with van der Waals surface area (Å²) >= 11 is 0. The number of unbranched alkanes of at least 4 members (excludes halogenated alkanes) is 2. The molecule has 142 valence electrons. The Morgan fingerprint density at radius 2 is 1.88 bits per heavy atom. The molecular formula is C16H23F3N2O3S. The minimum atomic E-state index is -4.49. The van der Waals surface area contributed by atoms with Gasteiger partial charge in [-0.2, -0.15) is 13.2 Å². The van der Waals surface area contributed by atoms with E-state index in [2.05, 4.69) is 5.32 Å². The largest absolute Gasteiger partial charge is 0.416 e. The fourth-order valence-corrected chi connectivity index (χ4v) is 3.09. The van der Waals surface area contributed by atoms with Crippen LogP contribution in [0.3, 0.4) is 0 Å². The second kappa shape index (κ2) is 9.19. The van der Waals surface area contributed by atoms with Gasteiger partial charge in [0, 0.05) is 25.2 Å². The summed E-state index contributed by atoms with van der Waals surface area (Å²) in [6, 6.07) is 4.30. The van der Waals surface area contributed by atoms with Gasteiger partial charge >= 0.3 is 6.18 Å². The van der Waals surface area contributed by atoms with Crippen molar-refractivity contribution in [2.24, 2.45) is 0 Å². The molecule has 25 heavy (non-hydrogen) atoms. The molecule has 0 radical (unpaired) electrons. The third kappa shape index (κ3) is 7.87. The molecule has 0 saturated heterocycles. The lowest BCUT2D eigenvalue weighted by Gasteiger charge is -2.19. The zero-order valence-electron chi connectivity index (χ0n) is 14.3. The van der Waals surface area contributed by atoms with E-state index in [1.54, 1.807) is 0 Å². The molecule has 0 heterocycles. The number of hydrogen-bond acceptors (Lipinski definition) is 3. The normalized spacial score (nSPS) is 12.4. The van der Waals surface area contributed by atoms with Gasteiger partial charge < -0.3 is 5.32 Å². The van der Waals surface area contributed by atoms with E-state index in [-0.39, 0.29) is 18.7 Å². The summed E-state index contributed by atoms with van der Waals surface area (Å²) in [4.78, 5) is 11.9. The fourth-order valence-electron chi connectivity index (χ4n) is 2.20. The number of benzene rings is 1. The number of alkyl halides is 3. The molecule has 0 fully saturated rings. The molecule has 1 amide bonds. The van der Waals surface area contributed by atoms with Gasteiger partial charge in [0.1, 0.15) is 0 Å². The number of amides is 1. The van der Waals surface area contributed by atoms with Crippen LogP contribution in [0.5, 0.6) is 0 Å². The van der Waals surface area contributed by atoms with Crippen molar-refractivity contribution in [2.45, 2.75) is 38.8 Å². The average Bonchev–Trinajstić information content (AvgIpc) is 2.49. The van der Waals surface area contributed by atoms with Gasteiger partial charge in [-0.1, -0.05) is 25.8 Å². The number of nitrogens with one attached hydrogen (secondary N) is 1. The molecule has 0 aromatic heterocycles. The Morgan fingerprint density at radius 3 is 2.44 bits per heavy atom. The molecular weight excluding hydrogens is 357 g/mol. The fraction of sp³-hybridized carbons (Fsp3) is 0.562. The highest BCUT2D eigenvalue weighted by Gasteiger charge is 2.30. The van der Waals surface area contributed by atoms with Crippen molar-refractivity contribution in [1.29, 1.82) is 0 Å². The van der Waals surface area contributed by atoms with Crippen LogP contribution in [0.4, 0.5) is 18.9 Å². The summed E-state index contributed by atoms with van der Waals surface area (Å²) in [5.74, 6) is -0.538. The van der Waals surface area contributed by atoms with E-state index in [4.69, 9.17) is 0 Å². The number of sulfonamides is 1. The molecule has 0 aliphatic heterocycles. The first-order valence-electron chi connectivity index (χ1n) is 7.96. The van der Waals surface area contributed by atoms with Crippen LogP contribution in [0, 0.1) is 0 Å². The lowest BCUT2D eigenvalue weighted by Crippen LogP contribution is -2.33. The summed E-state index contributed by atoms with van der Waals surface area (Å²) in [6.07, 6.45) is -1.04. The highest BCUT2D eigenvalue weighted by Crippen LogP contribution is 2.30. The van der Waals surface area contributed by atoms with E-state index >= 15 is 0 Å². The zero-order chi connectivity index (χ0) is 19.1. The second-order valence-electron chi connectivity index (χ2n) is 5.75. The van der Waals surface area contributed by atoms with Crippen molar-refractivity contribution in [3.05, 3.63) is 29.8 Å². The SMILES string of the molecule is CCCCCN(CCC(=O)Nc1cccc(C(F)(F)F)c1)S(C)(=O)=O. The Morgan fingerprint density at radius 1 is 1.20 bits per heavy atom.